The third kappa shape index (κ3) is 5.28. The maximum Gasteiger partial charge on any atom is 0.308 e. The minimum atomic E-state index is -0.897. The van der Waals surface area contributed by atoms with Crippen LogP contribution in [0.3, 0.4) is 0 Å². The fraction of sp³-hybridized carbons (Fsp3) is 0.273. The van der Waals surface area contributed by atoms with E-state index in [0.29, 0.717) is 17.4 Å². The molecule has 29 heavy (non-hydrogen) atoms. The summed E-state index contributed by atoms with van der Waals surface area (Å²) >= 11 is 0. The van der Waals surface area contributed by atoms with Gasteiger partial charge in [-0.15, -0.1) is 0 Å². The third-order valence-electron chi connectivity index (χ3n) is 4.55. The number of nitrogens with zero attached hydrogens (tertiary/aromatic N) is 2. The van der Waals surface area contributed by atoms with Crippen LogP contribution in [-0.4, -0.2) is 27.8 Å². The van der Waals surface area contributed by atoms with E-state index in [2.05, 4.69) is 10.4 Å². The lowest BCUT2D eigenvalue weighted by Gasteiger charge is -2.14. The smallest absolute Gasteiger partial charge is 0.308 e. The van der Waals surface area contributed by atoms with Crippen LogP contribution in [0.4, 0.5) is 0 Å². The van der Waals surface area contributed by atoms with Gasteiger partial charge < -0.3 is 10.1 Å². The minimum Gasteiger partial charge on any atom is -0.452 e. The molecular weight excluding hydrogens is 370 g/mol. The van der Waals surface area contributed by atoms with Gasteiger partial charge in [0, 0.05) is 11.9 Å². The molecule has 150 valence electrons. The molecule has 1 unspecified atom stereocenters. The molecule has 7 heteroatoms. The van der Waals surface area contributed by atoms with Gasteiger partial charge in [0.1, 0.15) is 0 Å². The van der Waals surface area contributed by atoms with Crippen molar-refractivity contribution in [2.75, 3.05) is 0 Å². The molecule has 3 aromatic rings. The topological polar surface area (TPSA) is 90.3 Å². The molecule has 7 nitrogen and oxygen atoms in total. The molecule has 0 spiro atoms. The van der Waals surface area contributed by atoms with E-state index in [9.17, 15) is 14.4 Å². The number of carbonyl (C=O) groups is 2. The number of rotatable bonds is 7. The van der Waals surface area contributed by atoms with Gasteiger partial charge in [-0.1, -0.05) is 42.0 Å². The third-order valence-corrected chi connectivity index (χ3v) is 4.55. The van der Waals surface area contributed by atoms with Crippen LogP contribution in [0.2, 0.25) is 0 Å². The van der Waals surface area contributed by atoms with Crippen molar-refractivity contribution < 1.29 is 14.3 Å². The molecule has 0 saturated carbocycles. The molecule has 0 saturated heterocycles. The van der Waals surface area contributed by atoms with Crippen LogP contribution in [0, 0.1) is 6.92 Å². The highest BCUT2D eigenvalue weighted by molar-refractivity contribution is 5.83. The zero-order valence-corrected chi connectivity index (χ0v) is 16.4. The highest BCUT2D eigenvalue weighted by Gasteiger charge is 2.17. The van der Waals surface area contributed by atoms with Crippen molar-refractivity contribution in [2.24, 2.45) is 0 Å². The van der Waals surface area contributed by atoms with Gasteiger partial charge >= 0.3 is 5.97 Å². The first-order valence-electron chi connectivity index (χ1n) is 9.41. The predicted octanol–water partition coefficient (Wildman–Crippen LogP) is 2.34. The Labute approximate surface area is 168 Å². The summed E-state index contributed by atoms with van der Waals surface area (Å²) in [6.07, 6.45) is 0.372. The summed E-state index contributed by atoms with van der Waals surface area (Å²) in [4.78, 5) is 36.2. The Morgan fingerprint density at radius 3 is 2.62 bits per heavy atom. The van der Waals surface area contributed by atoms with Crippen LogP contribution >= 0.6 is 0 Å². The molecule has 2 aromatic carbocycles. The van der Waals surface area contributed by atoms with E-state index in [-0.39, 0.29) is 24.3 Å². The molecule has 0 fully saturated rings. The maximum atomic E-state index is 12.2. The number of fused-ring (bicyclic) bond motifs is 1. The fourth-order valence-electron chi connectivity index (χ4n) is 2.88. The Morgan fingerprint density at radius 1 is 1.14 bits per heavy atom. The van der Waals surface area contributed by atoms with Crippen LogP contribution in [0.15, 0.2) is 59.5 Å². The summed E-state index contributed by atoms with van der Waals surface area (Å²) in [6, 6.07) is 14.9. The van der Waals surface area contributed by atoms with Gasteiger partial charge in [0.25, 0.3) is 5.91 Å². The van der Waals surface area contributed by atoms with Gasteiger partial charge in [-0.25, -0.2) is 0 Å². The van der Waals surface area contributed by atoms with Crippen molar-refractivity contribution >= 4 is 22.8 Å². The van der Waals surface area contributed by atoms with Crippen LogP contribution in [0.5, 0.6) is 0 Å². The van der Waals surface area contributed by atoms with Crippen molar-refractivity contribution in [3.05, 3.63) is 76.1 Å². The summed E-state index contributed by atoms with van der Waals surface area (Å²) in [6.45, 7) is 4.15. The zero-order valence-electron chi connectivity index (χ0n) is 16.4. The molecule has 0 aliphatic heterocycles. The number of esters is 1. The number of nitrogens with one attached hydrogen (secondary N) is 1. The average molecular weight is 393 g/mol. The Bertz CT molecular complexity index is 1070. The largest absolute Gasteiger partial charge is 0.452 e. The van der Waals surface area contributed by atoms with Crippen molar-refractivity contribution in [3.63, 3.8) is 0 Å². The number of benzene rings is 2. The quantitative estimate of drug-likeness (QED) is 0.622. The second kappa shape index (κ2) is 9.14. The van der Waals surface area contributed by atoms with E-state index in [1.165, 1.54) is 13.1 Å². The maximum absolute atomic E-state index is 12.2. The number of carbonyl (C=O) groups excluding carboxylic acids is 2. The molecule has 1 aromatic heterocycles. The van der Waals surface area contributed by atoms with E-state index >= 15 is 0 Å². The van der Waals surface area contributed by atoms with Crippen molar-refractivity contribution in [2.45, 2.75) is 39.5 Å². The summed E-state index contributed by atoms with van der Waals surface area (Å²) in [7, 11) is 0. The van der Waals surface area contributed by atoms with E-state index < -0.39 is 12.1 Å². The van der Waals surface area contributed by atoms with E-state index in [0.717, 1.165) is 11.1 Å². The van der Waals surface area contributed by atoms with E-state index in [4.69, 9.17) is 4.74 Å². The number of aromatic nitrogens is 2. The highest BCUT2D eigenvalue weighted by atomic mass is 16.5. The van der Waals surface area contributed by atoms with Gasteiger partial charge in [-0.3, -0.25) is 19.1 Å². The van der Waals surface area contributed by atoms with Gasteiger partial charge in [-0.05, 0) is 31.5 Å². The lowest BCUT2D eigenvalue weighted by atomic mass is 10.1. The summed E-state index contributed by atoms with van der Waals surface area (Å²) in [5, 5.41) is 7.38. The normalized spacial score (nSPS) is 11.8. The first kappa shape index (κ1) is 20.3. The molecule has 1 heterocycles. The van der Waals surface area contributed by atoms with Gasteiger partial charge in [0.05, 0.1) is 24.7 Å². The summed E-state index contributed by atoms with van der Waals surface area (Å²) < 4.78 is 6.81. The number of aryl methyl sites for hydroxylation is 2. The number of hydrogen-bond donors (Lipinski definition) is 1. The number of hydrogen-bond acceptors (Lipinski definition) is 5. The van der Waals surface area contributed by atoms with Crippen LogP contribution in [-0.2, 0) is 27.4 Å². The van der Waals surface area contributed by atoms with E-state index in [1.54, 1.807) is 28.9 Å². The number of para-hydroxylation sites is 1. The molecule has 0 aliphatic carbocycles. The molecule has 0 bridgehead atoms. The Kier molecular flexibility index (Phi) is 6.39. The number of amides is 1. The van der Waals surface area contributed by atoms with Crippen molar-refractivity contribution in [3.8, 4) is 0 Å². The molecule has 1 atom stereocenters. The average Bonchev–Trinajstić information content (AvgIpc) is 2.73. The first-order valence-corrected chi connectivity index (χ1v) is 9.41. The lowest BCUT2D eigenvalue weighted by Crippen LogP contribution is -2.35. The van der Waals surface area contributed by atoms with E-state index in [1.807, 2.05) is 31.2 Å². The number of ether oxygens (including phenoxy) is 1. The zero-order chi connectivity index (χ0) is 20.8. The second-order valence-electron chi connectivity index (χ2n) is 6.83. The Hall–Kier alpha value is -3.48. The van der Waals surface area contributed by atoms with Gasteiger partial charge in [0.15, 0.2) is 6.10 Å². The van der Waals surface area contributed by atoms with Crippen LogP contribution in [0.25, 0.3) is 10.9 Å². The van der Waals surface area contributed by atoms with Gasteiger partial charge in [0.2, 0.25) is 5.43 Å². The minimum absolute atomic E-state index is 0.0371. The second-order valence-corrected chi connectivity index (χ2v) is 6.83. The van der Waals surface area contributed by atoms with Crippen molar-refractivity contribution in [1.29, 1.82) is 0 Å². The first-order chi connectivity index (χ1) is 13.9. The molecule has 1 N–H and O–H groups in total. The summed E-state index contributed by atoms with van der Waals surface area (Å²) in [5.41, 5.74) is 2.60. The van der Waals surface area contributed by atoms with Crippen LogP contribution in [0.1, 0.15) is 24.5 Å². The monoisotopic (exact) mass is 393 g/mol. The van der Waals surface area contributed by atoms with Crippen molar-refractivity contribution in [1.82, 2.24) is 15.1 Å². The molecule has 0 aliphatic rings. The molecule has 3 rings (SSSR count). The standard InChI is InChI=1S/C22H23N3O4/c1-15-7-9-17(10-8-15)13-23-22(28)16(2)29-21(27)11-12-25-19-6-4-3-5-18(19)20(26)14-24-25/h3-10,14,16H,11-13H2,1-2H3,(H,23,28). The SMILES string of the molecule is Cc1ccc(CNC(=O)C(C)OC(=O)CCn2ncc(=O)c3ccccc32)cc1. The Morgan fingerprint density at radius 2 is 1.86 bits per heavy atom. The molecule has 1 amide bonds. The summed E-state index contributed by atoms with van der Waals surface area (Å²) in [5.74, 6) is -0.863. The molecule has 0 radical (unpaired) electrons. The lowest BCUT2D eigenvalue weighted by molar-refractivity contribution is -0.155. The molecular formula is C22H23N3O4. The van der Waals surface area contributed by atoms with Gasteiger partial charge in [-0.2, -0.15) is 5.10 Å². The highest BCUT2D eigenvalue weighted by Crippen LogP contribution is 2.09. The fourth-order valence-corrected chi connectivity index (χ4v) is 2.88. The van der Waals surface area contributed by atoms with Crippen LogP contribution < -0.4 is 10.7 Å². The Balaban J connectivity index is 1.51. The predicted molar refractivity (Wildman–Crippen MR) is 109 cm³/mol.